The van der Waals surface area contributed by atoms with Crippen molar-refractivity contribution < 1.29 is 14.3 Å². The Morgan fingerprint density at radius 1 is 0.870 bits per heavy atom. The molecular formula is C17H17ClN2O3. The van der Waals surface area contributed by atoms with Gasteiger partial charge in [-0.05, 0) is 35.4 Å². The third-order valence-corrected chi connectivity index (χ3v) is 3.39. The van der Waals surface area contributed by atoms with Gasteiger partial charge >= 0.3 is 0 Å². The lowest BCUT2D eigenvalue weighted by Crippen LogP contribution is -2.43. The Kier molecular flexibility index (Phi) is 6.00. The molecule has 120 valence electrons. The fourth-order valence-corrected chi connectivity index (χ4v) is 2.07. The van der Waals surface area contributed by atoms with Crippen LogP contribution < -0.4 is 15.6 Å². The van der Waals surface area contributed by atoms with Crippen LogP contribution in [0, 0.1) is 0 Å². The highest BCUT2D eigenvalue weighted by Gasteiger charge is 2.07. The molecule has 0 aromatic heterocycles. The lowest BCUT2D eigenvalue weighted by molar-refractivity contribution is -0.128. The lowest BCUT2D eigenvalue weighted by atomic mass is 10.1. The number of methoxy groups -OCH3 is 1. The third-order valence-electron chi connectivity index (χ3n) is 3.14. The van der Waals surface area contributed by atoms with Gasteiger partial charge in [0.2, 0.25) is 11.8 Å². The molecule has 0 atom stereocenters. The van der Waals surface area contributed by atoms with Crippen LogP contribution in [0.15, 0.2) is 48.5 Å². The number of nitrogens with one attached hydrogen (secondary N) is 2. The molecule has 6 heteroatoms. The van der Waals surface area contributed by atoms with Gasteiger partial charge in [0.25, 0.3) is 0 Å². The van der Waals surface area contributed by atoms with E-state index in [9.17, 15) is 9.59 Å². The molecule has 23 heavy (non-hydrogen) atoms. The van der Waals surface area contributed by atoms with Crippen LogP contribution in [0.2, 0.25) is 5.02 Å². The van der Waals surface area contributed by atoms with Gasteiger partial charge < -0.3 is 4.74 Å². The summed E-state index contributed by atoms with van der Waals surface area (Å²) in [4.78, 5) is 23.6. The topological polar surface area (TPSA) is 67.4 Å². The predicted octanol–water partition coefficient (Wildman–Crippen LogP) is 2.28. The van der Waals surface area contributed by atoms with Gasteiger partial charge in [0.05, 0.1) is 20.0 Å². The van der Waals surface area contributed by atoms with Crippen molar-refractivity contribution in [3.63, 3.8) is 0 Å². The second-order valence-electron chi connectivity index (χ2n) is 4.92. The first kappa shape index (κ1) is 16.8. The molecule has 0 radical (unpaired) electrons. The third kappa shape index (κ3) is 5.64. The summed E-state index contributed by atoms with van der Waals surface area (Å²) >= 11 is 5.78. The minimum atomic E-state index is -0.296. The number of hydrogen-bond acceptors (Lipinski definition) is 3. The average molecular weight is 333 g/mol. The average Bonchev–Trinajstić information content (AvgIpc) is 2.56. The van der Waals surface area contributed by atoms with Crippen LogP contribution in [0.3, 0.4) is 0 Å². The molecule has 0 spiro atoms. The summed E-state index contributed by atoms with van der Waals surface area (Å²) in [6, 6.07) is 14.1. The van der Waals surface area contributed by atoms with Crippen LogP contribution in [-0.4, -0.2) is 18.9 Å². The van der Waals surface area contributed by atoms with Crippen molar-refractivity contribution in [1.82, 2.24) is 10.9 Å². The summed E-state index contributed by atoms with van der Waals surface area (Å²) in [6.45, 7) is 0. The van der Waals surface area contributed by atoms with E-state index in [1.54, 1.807) is 55.6 Å². The van der Waals surface area contributed by atoms with Crippen molar-refractivity contribution in [3.05, 3.63) is 64.7 Å². The van der Waals surface area contributed by atoms with Gasteiger partial charge in [-0.2, -0.15) is 0 Å². The molecular weight excluding hydrogens is 316 g/mol. The zero-order valence-electron chi connectivity index (χ0n) is 12.6. The van der Waals surface area contributed by atoms with Crippen LogP contribution >= 0.6 is 11.6 Å². The summed E-state index contributed by atoms with van der Waals surface area (Å²) in [5, 5.41) is 0.613. The molecule has 2 N–H and O–H groups in total. The number of halogens is 1. The van der Waals surface area contributed by atoms with Gasteiger partial charge in [-0.3, -0.25) is 20.4 Å². The van der Waals surface area contributed by atoms with E-state index in [4.69, 9.17) is 16.3 Å². The Balaban J connectivity index is 1.76. The second-order valence-corrected chi connectivity index (χ2v) is 5.36. The zero-order valence-corrected chi connectivity index (χ0v) is 13.4. The van der Waals surface area contributed by atoms with Crippen LogP contribution in [0.25, 0.3) is 0 Å². The highest BCUT2D eigenvalue weighted by Crippen LogP contribution is 2.11. The zero-order chi connectivity index (χ0) is 16.7. The summed E-state index contributed by atoms with van der Waals surface area (Å²) in [5.74, 6) is 0.139. The van der Waals surface area contributed by atoms with Crippen molar-refractivity contribution in [2.24, 2.45) is 0 Å². The number of ether oxygens (including phenoxy) is 1. The number of hydrazine groups is 1. The van der Waals surface area contributed by atoms with E-state index in [0.717, 1.165) is 16.9 Å². The van der Waals surface area contributed by atoms with Gasteiger partial charge in [-0.1, -0.05) is 35.9 Å². The van der Waals surface area contributed by atoms with Crippen molar-refractivity contribution in [2.45, 2.75) is 12.8 Å². The van der Waals surface area contributed by atoms with Crippen LogP contribution in [-0.2, 0) is 22.4 Å². The predicted molar refractivity (Wildman–Crippen MR) is 88.1 cm³/mol. The van der Waals surface area contributed by atoms with E-state index in [2.05, 4.69) is 10.9 Å². The summed E-state index contributed by atoms with van der Waals surface area (Å²) in [5.41, 5.74) is 6.43. The number of benzene rings is 2. The SMILES string of the molecule is COc1ccc(CC(=O)NNC(=O)Cc2ccc(Cl)cc2)cc1. The molecule has 2 aromatic carbocycles. The molecule has 0 saturated carbocycles. The molecule has 0 aliphatic heterocycles. The van der Waals surface area contributed by atoms with E-state index in [1.807, 2.05) is 0 Å². The Morgan fingerprint density at radius 2 is 1.30 bits per heavy atom. The van der Waals surface area contributed by atoms with Gasteiger partial charge in [-0.25, -0.2) is 0 Å². The number of rotatable bonds is 5. The van der Waals surface area contributed by atoms with Crippen LogP contribution in [0.1, 0.15) is 11.1 Å². The lowest BCUT2D eigenvalue weighted by Gasteiger charge is -2.08. The normalized spacial score (nSPS) is 10.0. The molecule has 0 fully saturated rings. The molecule has 0 aliphatic rings. The van der Waals surface area contributed by atoms with Gasteiger partial charge in [0.1, 0.15) is 5.75 Å². The number of amides is 2. The minimum Gasteiger partial charge on any atom is -0.497 e. The van der Waals surface area contributed by atoms with Crippen molar-refractivity contribution in [3.8, 4) is 5.75 Å². The maximum Gasteiger partial charge on any atom is 0.242 e. The fraction of sp³-hybridized carbons (Fsp3) is 0.176. The van der Waals surface area contributed by atoms with E-state index >= 15 is 0 Å². The smallest absolute Gasteiger partial charge is 0.242 e. The fourth-order valence-electron chi connectivity index (χ4n) is 1.94. The number of carbonyl (C=O) groups excluding carboxylic acids is 2. The monoisotopic (exact) mass is 332 g/mol. The molecule has 2 amide bonds. The highest BCUT2D eigenvalue weighted by atomic mass is 35.5. The van der Waals surface area contributed by atoms with Crippen molar-refractivity contribution in [2.75, 3.05) is 7.11 Å². The maximum absolute atomic E-state index is 11.8. The molecule has 0 heterocycles. The molecule has 0 aliphatic carbocycles. The van der Waals surface area contributed by atoms with Gasteiger partial charge in [0, 0.05) is 5.02 Å². The number of hydrogen-bond donors (Lipinski definition) is 2. The van der Waals surface area contributed by atoms with Gasteiger partial charge in [-0.15, -0.1) is 0 Å². The highest BCUT2D eigenvalue weighted by molar-refractivity contribution is 6.30. The Morgan fingerprint density at radius 3 is 1.74 bits per heavy atom. The standard InChI is InChI=1S/C17H17ClN2O3/c1-23-15-8-4-13(5-9-15)11-17(22)20-19-16(21)10-12-2-6-14(18)7-3-12/h2-9H,10-11H2,1H3,(H,19,21)(H,20,22). The maximum atomic E-state index is 11.8. The minimum absolute atomic E-state index is 0.167. The first-order valence-corrected chi connectivity index (χ1v) is 7.39. The van der Waals surface area contributed by atoms with Gasteiger partial charge in [0.15, 0.2) is 0 Å². The Bertz CT molecular complexity index is 669. The summed E-state index contributed by atoms with van der Waals surface area (Å²) < 4.78 is 5.05. The quantitative estimate of drug-likeness (QED) is 0.825. The molecule has 0 bridgehead atoms. The molecule has 0 unspecified atom stereocenters. The second kappa shape index (κ2) is 8.19. The van der Waals surface area contributed by atoms with Crippen molar-refractivity contribution in [1.29, 1.82) is 0 Å². The van der Waals surface area contributed by atoms with E-state index < -0.39 is 0 Å². The molecule has 0 saturated heterocycles. The molecule has 5 nitrogen and oxygen atoms in total. The van der Waals surface area contributed by atoms with E-state index in [-0.39, 0.29) is 24.7 Å². The first-order valence-electron chi connectivity index (χ1n) is 7.02. The summed E-state index contributed by atoms with van der Waals surface area (Å²) in [6.07, 6.45) is 0.338. The summed E-state index contributed by atoms with van der Waals surface area (Å²) in [7, 11) is 1.58. The Hall–Kier alpha value is -2.53. The van der Waals surface area contributed by atoms with E-state index in [1.165, 1.54) is 0 Å². The number of carbonyl (C=O) groups is 2. The van der Waals surface area contributed by atoms with E-state index in [0.29, 0.717) is 5.02 Å². The molecule has 2 rings (SSSR count). The van der Waals surface area contributed by atoms with Crippen LogP contribution in [0.5, 0.6) is 5.75 Å². The van der Waals surface area contributed by atoms with Crippen molar-refractivity contribution >= 4 is 23.4 Å². The van der Waals surface area contributed by atoms with Crippen LogP contribution in [0.4, 0.5) is 0 Å². The Labute approximate surface area is 139 Å². The largest absolute Gasteiger partial charge is 0.497 e. The first-order chi connectivity index (χ1) is 11.1. The molecule has 2 aromatic rings.